The smallest absolute Gasteiger partial charge is 0.403 e. The number of hydrogen-bond donors (Lipinski definition) is 2. The molecule has 0 aliphatic carbocycles. The van der Waals surface area contributed by atoms with Crippen molar-refractivity contribution < 1.29 is 23.5 Å². The molecule has 0 heterocycles. The molecule has 3 N–H and O–H groups in total. The maximum absolute atomic E-state index is 11.2. The van der Waals surface area contributed by atoms with E-state index in [9.17, 15) is 9.36 Å². The van der Waals surface area contributed by atoms with Gasteiger partial charge in [-0.3, -0.25) is 9.32 Å². The highest BCUT2D eigenvalue weighted by Gasteiger charge is 2.12. The second kappa shape index (κ2) is 7.28. The van der Waals surface area contributed by atoms with Gasteiger partial charge in [0.25, 0.3) is 0 Å². The van der Waals surface area contributed by atoms with Crippen molar-refractivity contribution in [1.82, 2.24) is 0 Å². The van der Waals surface area contributed by atoms with E-state index in [-0.39, 0.29) is 6.42 Å². The third-order valence-corrected chi connectivity index (χ3v) is 2.62. The molecule has 6 nitrogen and oxygen atoms in total. The third-order valence-electron chi connectivity index (χ3n) is 2.15. The van der Waals surface area contributed by atoms with Crippen LogP contribution in [0.25, 0.3) is 0 Å². The lowest BCUT2D eigenvalue weighted by molar-refractivity contribution is -0.150. The highest BCUT2D eigenvalue weighted by molar-refractivity contribution is 7.50. The molecule has 100 valence electrons. The monoisotopic (exact) mass is 273 g/mol. The van der Waals surface area contributed by atoms with Crippen LogP contribution in [-0.2, 0) is 25.0 Å². The first-order valence-corrected chi connectivity index (χ1v) is 7.07. The molecule has 0 saturated carbocycles. The summed E-state index contributed by atoms with van der Waals surface area (Å²) in [6.07, 6.45) is 1.63. The number of benzene rings is 1. The van der Waals surface area contributed by atoms with E-state index in [1.165, 1.54) is 0 Å². The molecular formula is C11H16NO5P. The number of hydrogen-bond acceptors (Lipinski definition) is 4. The standard InChI is InChI=1S/C11H16NO5P/c12-18(14,15)17-9-16-11(13)8-4-7-10-5-2-1-3-6-10/h1-3,5-6H,4,7-9H2,(H3,12,14,15). The summed E-state index contributed by atoms with van der Waals surface area (Å²) in [4.78, 5) is 19.8. The molecule has 1 rings (SSSR count). The van der Waals surface area contributed by atoms with Gasteiger partial charge in [0.15, 0.2) is 0 Å². The van der Waals surface area contributed by atoms with Crippen molar-refractivity contribution in [3.05, 3.63) is 35.9 Å². The summed E-state index contributed by atoms with van der Waals surface area (Å²) >= 11 is 0. The molecule has 18 heavy (non-hydrogen) atoms. The first-order valence-electron chi connectivity index (χ1n) is 5.43. The number of esters is 1. The minimum atomic E-state index is -4.07. The van der Waals surface area contributed by atoms with Gasteiger partial charge in [0, 0.05) is 6.42 Å². The normalized spacial score (nSPS) is 13.9. The van der Waals surface area contributed by atoms with Crippen LogP contribution >= 0.6 is 7.75 Å². The van der Waals surface area contributed by atoms with Crippen molar-refractivity contribution in [3.8, 4) is 0 Å². The lowest BCUT2D eigenvalue weighted by Crippen LogP contribution is -2.09. The molecule has 0 radical (unpaired) electrons. The van der Waals surface area contributed by atoms with Crippen LogP contribution in [0.5, 0.6) is 0 Å². The van der Waals surface area contributed by atoms with Crippen molar-refractivity contribution in [2.24, 2.45) is 5.50 Å². The molecule has 0 amide bonds. The number of carbonyl (C=O) groups excluding carboxylic acids is 1. The van der Waals surface area contributed by atoms with Crippen LogP contribution in [0.4, 0.5) is 0 Å². The fraction of sp³-hybridized carbons (Fsp3) is 0.364. The summed E-state index contributed by atoms with van der Waals surface area (Å²) in [6, 6.07) is 9.74. The fourth-order valence-electron chi connectivity index (χ4n) is 1.32. The van der Waals surface area contributed by atoms with Crippen molar-refractivity contribution >= 4 is 13.7 Å². The van der Waals surface area contributed by atoms with Gasteiger partial charge in [-0.05, 0) is 18.4 Å². The maximum Gasteiger partial charge on any atom is 0.403 e. The molecule has 1 atom stereocenters. The molecule has 7 heteroatoms. The van der Waals surface area contributed by atoms with Gasteiger partial charge in [0.1, 0.15) is 0 Å². The molecule has 1 aromatic rings. The Hall–Kier alpha value is -1.20. The second-order valence-electron chi connectivity index (χ2n) is 3.67. The van der Waals surface area contributed by atoms with Crippen LogP contribution in [0.3, 0.4) is 0 Å². The third kappa shape index (κ3) is 7.19. The number of carbonyl (C=O) groups is 1. The molecule has 0 spiro atoms. The fourth-order valence-corrected chi connectivity index (χ4v) is 1.53. The molecule has 1 aromatic carbocycles. The van der Waals surface area contributed by atoms with Gasteiger partial charge >= 0.3 is 13.7 Å². The highest BCUT2D eigenvalue weighted by atomic mass is 31.2. The molecule has 0 aliphatic heterocycles. The quantitative estimate of drug-likeness (QED) is 0.444. The molecular weight excluding hydrogens is 257 g/mol. The maximum atomic E-state index is 11.2. The Morgan fingerprint density at radius 3 is 2.61 bits per heavy atom. The first kappa shape index (κ1) is 14.9. The summed E-state index contributed by atoms with van der Waals surface area (Å²) in [6.45, 7) is -0.603. The van der Waals surface area contributed by atoms with Crippen LogP contribution in [0.2, 0.25) is 0 Å². The van der Waals surface area contributed by atoms with E-state index >= 15 is 0 Å². The van der Waals surface area contributed by atoms with Crippen molar-refractivity contribution in [2.45, 2.75) is 19.3 Å². The minimum Gasteiger partial charge on any atom is -0.438 e. The lowest BCUT2D eigenvalue weighted by Gasteiger charge is -2.07. The van der Waals surface area contributed by atoms with E-state index in [1.807, 2.05) is 30.3 Å². The molecule has 0 aliphatic rings. The number of ether oxygens (including phenoxy) is 1. The predicted molar refractivity (Wildman–Crippen MR) is 65.4 cm³/mol. The first-order chi connectivity index (χ1) is 8.47. The van der Waals surface area contributed by atoms with Crippen LogP contribution in [0.15, 0.2) is 30.3 Å². The summed E-state index contributed by atoms with van der Waals surface area (Å²) < 4.78 is 19.3. The average molecular weight is 273 g/mol. The number of nitrogens with two attached hydrogens (primary N) is 1. The molecule has 0 saturated heterocycles. The SMILES string of the molecule is NP(=O)(O)OCOC(=O)CCCc1ccccc1. The Kier molecular flexibility index (Phi) is 6.01. The van der Waals surface area contributed by atoms with Gasteiger partial charge in [-0.2, -0.15) is 0 Å². The van der Waals surface area contributed by atoms with Gasteiger partial charge < -0.3 is 9.63 Å². The lowest BCUT2D eigenvalue weighted by atomic mass is 10.1. The summed E-state index contributed by atoms with van der Waals surface area (Å²) in [5.74, 6) is -0.487. The molecule has 0 bridgehead atoms. The van der Waals surface area contributed by atoms with Crippen LogP contribution < -0.4 is 5.50 Å². The predicted octanol–water partition coefficient (Wildman–Crippen LogP) is 1.59. The van der Waals surface area contributed by atoms with Crippen molar-refractivity contribution in [2.75, 3.05) is 6.79 Å². The Labute approximate surface area is 105 Å². The van der Waals surface area contributed by atoms with Crippen LogP contribution in [0.1, 0.15) is 18.4 Å². The van der Waals surface area contributed by atoms with Gasteiger partial charge in [0.05, 0.1) is 0 Å². The van der Waals surface area contributed by atoms with Gasteiger partial charge in [-0.15, -0.1) is 0 Å². The minimum absolute atomic E-state index is 0.221. The number of aryl methyl sites for hydroxylation is 1. The van der Waals surface area contributed by atoms with E-state index in [4.69, 9.17) is 10.4 Å². The molecule has 0 fully saturated rings. The summed E-state index contributed by atoms with van der Waals surface area (Å²) in [5, 5.41) is 0. The Balaban J connectivity index is 2.12. The van der Waals surface area contributed by atoms with Gasteiger partial charge in [0.2, 0.25) is 6.79 Å². The summed E-state index contributed by atoms with van der Waals surface area (Å²) in [7, 11) is -4.07. The zero-order valence-electron chi connectivity index (χ0n) is 9.82. The topological polar surface area (TPSA) is 98.9 Å². The summed E-state index contributed by atoms with van der Waals surface area (Å²) in [5.41, 5.74) is 5.84. The Bertz CT molecular complexity index is 417. The van der Waals surface area contributed by atoms with E-state index in [2.05, 4.69) is 9.26 Å². The zero-order chi connectivity index (χ0) is 13.4. The van der Waals surface area contributed by atoms with E-state index in [0.717, 1.165) is 12.0 Å². The van der Waals surface area contributed by atoms with Gasteiger partial charge in [-0.1, -0.05) is 30.3 Å². The van der Waals surface area contributed by atoms with Crippen LogP contribution in [-0.4, -0.2) is 17.7 Å². The second-order valence-corrected chi connectivity index (χ2v) is 5.05. The van der Waals surface area contributed by atoms with Crippen molar-refractivity contribution in [1.29, 1.82) is 0 Å². The average Bonchev–Trinajstić information content (AvgIpc) is 2.28. The van der Waals surface area contributed by atoms with E-state index < -0.39 is 20.5 Å². The Morgan fingerprint density at radius 1 is 1.33 bits per heavy atom. The molecule has 0 aromatic heterocycles. The van der Waals surface area contributed by atoms with E-state index in [0.29, 0.717) is 6.42 Å². The Morgan fingerprint density at radius 2 is 2.00 bits per heavy atom. The largest absolute Gasteiger partial charge is 0.438 e. The molecule has 1 unspecified atom stereocenters. The van der Waals surface area contributed by atoms with E-state index in [1.54, 1.807) is 0 Å². The zero-order valence-corrected chi connectivity index (χ0v) is 10.7. The van der Waals surface area contributed by atoms with Gasteiger partial charge in [-0.25, -0.2) is 10.1 Å². The highest BCUT2D eigenvalue weighted by Crippen LogP contribution is 2.30. The number of rotatable bonds is 7. The van der Waals surface area contributed by atoms with Crippen molar-refractivity contribution in [3.63, 3.8) is 0 Å². The van der Waals surface area contributed by atoms with Crippen LogP contribution in [0, 0.1) is 0 Å².